The fourth-order valence-electron chi connectivity index (χ4n) is 1.26. The fraction of sp³-hybridized carbons (Fsp3) is 0.273. The molecule has 0 spiro atoms. The molecule has 1 aromatic rings. The van der Waals surface area contributed by atoms with Crippen molar-refractivity contribution in [3.05, 3.63) is 33.3 Å². The van der Waals surface area contributed by atoms with E-state index in [1.807, 2.05) is 0 Å². The van der Waals surface area contributed by atoms with Gasteiger partial charge in [-0.05, 0) is 18.6 Å². The highest BCUT2D eigenvalue weighted by Gasteiger charge is 2.17. The topological polar surface area (TPSA) is 55.2 Å². The summed E-state index contributed by atoms with van der Waals surface area (Å²) in [6, 6.07) is 4.78. The molecule has 5 heteroatoms. The highest BCUT2D eigenvalue weighted by molar-refractivity contribution is 6.33. The van der Waals surface area contributed by atoms with Crippen LogP contribution in [0.25, 0.3) is 0 Å². The summed E-state index contributed by atoms with van der Waals surface area (Å²) in [7, 11) is 0. The molecule has 0 saturated heterocycles. The van der Waals surface area contributed by atoms with Crippen molar-refractivity contribution in [1.29, 1.82) is 0 Å². The van der Waals surface area contributed by atoms with Crippen LogP contribution in [0, 0.1) is 22.5 Å². The van der Waals surface area contributed by atoms with Crippen molar-refractivity contribution in [3.63, 3.8) is 0 Å². The SMILES string of the molecule is C#CCCCNc1cccc(Cl)c1[N+](=O)[O-]. The molecule has 84 valence electrons. The first-order valence-corrected chi connectivity index (χ1v) is 5.15. The molecule has 0 saturated carbocycles. The number of hydrogen-bond acceptors (Lipinski definition) is 3. The lowest BCUT2D eigenvalue weighted by atomic mass is 10.2. The molecule has 4 nitrogen and oxygen atoms in total. The van der Waals surface area contributed by atoms with Gasteiger partial charge in [-0.25, -0.2) is 0 Å². The Labute approximate surface area is 98.8 Å². The average Bonchev–Trinajstić information content (AvgIpc) is 2.24. The Kier molecular flexibility index (Phi) is 4.62. The van der Waals surface area contributed by atoms with Gasteiger partial charge in [0.15, 0.2) is 0 Å². The van der Waals surface area contributed by atoms with Gasteiger partial charge in [0, 0.05) is 13.0 Å². The van der Waals surface area contributed by atoms with Crippen molar-refractivity contribution in [1.82, 2.24) is 0 Å². The Morgan fingerprint density at radius 2 is 2.31 bits per heavy atom. The van der Waals surface area contributed by atoms with E-state index in [0.717, 1.165) is 6.42 Å². The molecule has 0 bridgehead atoms. The van der Waals surface area contributed by atoms with Gasteiger partial charge in [0.05, 0.1) is 4.92 Å². The van der Waals surface area contributed by atoms with Gasteiger partial charge < -0.3 is 5.32 Å². The van der Waals surface area contributed by atoms with Crippen LogP contribution in [-0.2, 0) is 0 Å². The first-order valence-electron chi connectivity index (χ1n) is 4.77. The second kappa shape index (κ2) is 5.99. The lowest BCUT2D eigenvalue weighted by Gasteiger charge is -2.06. The van der Waals surface area contributed by atoms with Crippen LogP contribution in [0.2, 0.25) is 5.02 Å². The van der Waals surface area contributed by atoms with Gasteiger partial charge in [-0.15, -0.1) is 12.3 Å². The van der Waals surface area contributed by atoms with E-state index in [1.165, 1.54) is 6.07 Å². The van der Waals surface area contributed by atoms with Crippen molar-refractivity contribution in [2.45, 2.75) is 12.8 Å². The number of para-hydroxylation sites is 1. The van der Waals surface area contributed by atoms with Gasteiger partial charge in [0.1, 0.15) is 10.7 Å². The van der Waals surface area contributed by atoms with Gasteiger partial charge in [0.2, 0.25) is 0 Å². The maximum absolute atomic E-state index is 10.8. The third kappa shape index (κ3) is 3.14. The van der Waals surface area contributed by atoms with Crippen molar-refractivity contribution in [2.24, 2.45) is 0 Å². The van der Waals surface area contributed by atoms with Gasteiger partial charge in [0.25, 0.3) is 0 Å². The van der Waals surface area contributed by atoms with Gasteiger partial charge >= 0.3 is 5.69 Å². The molecule has 0 amide bonds. The zero-order chi connectivity index (χ0) is 12.0. The third-order valence-corrected chi connectivity index (χ3v) is 2.29. The summed E-state index contributed by atoms with van der Waals surface area (Å²) in [6.07, 6.45) is 6.51. The van der Waals surface area contributed by atoms with Crippen LogP contribution in [0.3, 0.4) is 0 Å². The van der Waals surface area contributed by atoms with E-state index in [2.05, 4.69) is 11.2 Å². The molecule has 0 heterocycles. The minimum absolute atomic E-state index is 0.0927. The van der Waals surface area contributed by atoms with Crippen LogP contribution in [-0.4, -0.2) is 11.5 Å². The van der Waals surface area contributed by atoms with Crippen molar-refractivity contribution >= 4 is 23.0 Å². The van der Waals surface area contributed by atoms with Gasteiger partial charge in [-0.3, -0.25) is 10.1 Å². The highest BCUT2D eigenvalue weighted by atomic mass is 35.5. The number of nitrogens with zero attached hydrogens (tertiary/aromatic N) is 1. The Bertz CT molecular complexity index is 426. The normalized spacial score (nSPS) is 9.50. The zero-order valence-corrected chi connectivity index (χ0v) is 9.33. The predicted molar refractivity (Wildman–Crippen MR) is 64.7 cm³/mol. The molecule has 16 heavy (non-hydrogen) atoms. The van der Waals surface area contributed by atoms with E-state index >= 15 is 0 Å². The quantitative estimate of drug-likeness (QED) is 0.371. The summed E-state index contributed by atoms with van der Waals surface area (Å²) in [4.78, 5) is 10.3. The first kappa shape index (κ1) is 12.3. The minimum atomic E-state index is -0.494. The number of nitro groups is 1. The summed E-state index contributed by atoms with van der Waals surface area (Å²) in [5.74, 6) is 2.50. The van der Waals surface area contributed by atoms with E-state index in [9.17, 15) is 10.1 Å². The lowest BCUT2D eigenvalue weighted by Crippen LogP contribution is -2.04. The Morgan fingerprint density at radius 1 is 1.56 bits per heavy atom. The number of hydrogen-bond donors (Lipinski definition) is 1. The van der Waals surface area contributed by atoms with Crippen molar-refractivity contribution in [3.8, 4) is 12.3 Å². The third-order valence-electron chi connectivity index (χ3n) is 1.98. The zero-order valence-electron chi connectivity index (χ0n) is 8.57. The molecular formula is C11H11ClN2O2. The number of benzene rings is 1. The number of terminal acetylenes is 1. The second-order valence-corrected chi connectivity index (χ2v) is 3.53. The molecule has 0 radical (unpaired) electrons. The average molecular weight is 239 g/mol. The predicted octanol–water partition coefficient (Wildman–Crippen LogP) is 3.07. The fourth-order valence-corrected chi connectivity index (χ4v) is 1.50. The second-order valence-electron chi connectivity index (χ2n) is 3.13. The van der Waals surface area contributed by atoms with Crippen LogP contribution in [0.1, 0.15) is 12.8 Å². The van der Waals surface area contributed by atoms with E-state index in [4.69, 9.17) is 18.0 Å². The lowest BCUT2D eigenvalue weighted by molar-refractivity contribution is -0.383. The molecule has 0 unspecified atom stereocenters. The number of rotatable bonds is 5. The molecule has 0 aromatic heterocycles. The van der Waals surface area contributed by atoms with Gasteiger partial charge in [-0.2, -0.15) is 0 Å². The van der Waals surface area contributed by atoms with E-state index in [0.29, 0.717) is 18.7 Å². The number of nitro benzene ring substituents is 1. The van der Waals surface area contributed by atoms with E-state index < -0.39 is 4.92 Å². The number of anilines is 1. The van der Waals surface area contributed by atoms with Crippen LogP contribution in [0.15, 0.2) is 18.2 Å². The number of unbranched alkanes of at least 4 members (excludes halogenated alkanes) is 1. The summed E-state index contributed by atoms with van der Waals surface area (Å²) in [5.41, 5.74) is 0.333. The summed E-state index contributed by atoms with van der Waals surface area (Å²) < 4.78 is 0. The maximum atomic E-state index is 10.8. The van der Waals surface area contributed by atoms with Gasteiger partial charge in [-0.1, -0.05) is 17.7 Å². The largest absolute Gasteiger partial charge is 0.379 e. The monoisotopic (exact) mass is 238 g/mol. The molecule has 1 N–H and O–H groups in total. The van der Waals surface area contributed by atoms with Crippen LogP contribution in [0.4, 0.5) is 11.4 Å². The molecule has 0 atom stereocenters. The molecule has 0 aliphatic rings. The van der Waals surface area contributed by atoms with E-state index in [-0.39, 0.29) is 10.7 Å². The number of nitrogens with one attached hydrogen (secondary N) is 1. The molecule has 0 aliphatic heterocycles. The van der Waals surface area contributed by atoms with Crippen molar-refractivity contribution in [2.75, 3.05) is 11.9 Å². The molecule has 1 rings (SSSR count). The molecule has 0 fully saturated rings. The molecular weight excluding hydrogens is 228 g/mol. The first-order chi connectivity index (χ1) is 7.66. The van der Waals surface area contributed by atoms with Crippen LogP contribution < -0.4 is 5.32 Å². The van der Waals surface area contributed by atoms with E-state index in [1.54, 1.807) is 12.1 Å². The number of halogens is 1. The summed E-state index contributed by atoms with van der Waals surface area (Å²) >= 11 is 5.75. The summed E-state index contributed by atoms with van der Waals surface area (Å²) in [6.45, 7) is 0.589. The molecule has 1 aromatic carbocycles. The van der Waals surface area contributed by atoms with Crippen LogP contribution >= 0.6 is 11.6 Å². The Hall–Kier alpha value is -1.73. The maximum Gasteiger partial charge on any atom is 0.310 e. The Balaban J connectivity index is 2.76. The standard InChI is InChI=1S/C11H11ClN2O2/c1-2-3-4-8-13-10-7-5-6-9(12)11(10)14(15)16/h1,5-7,13H,3-4,8H2. The smallest absolute Gasteiger partial charge is 0.310 e. The minimum Gasteiger partial charge on any atom is -0.379 e. The highest BCUT2D eigenvalue weighted by Crippen LogP contribution is 2.32. The van der Waals surface area contributed by atoms with Crippen molar-refractivity contribution < 1.29 is 4.92 Å². The molecule has 0 aliphatic carbocycles. The Morgan fingerprint density at radius 3 is 2.94 bits per heavy atom. The van der Waals surface area contributed by atoms with Crippen LogP contribution in [0.5, 0.6) is 0 Å². The summed E-state index contributed by atoms with van der Waals surface area (Å²) in [5, 5.41) is 13.9.